The number of pyridine rings is 3. The van der Waals surface area contributed by atoms with Crippen LogP contribution in [0.25, 0.3) is 21.5 Å². The molecule has 0 saturated heterocycles. The van der Waals surface area contributed by atoms with Gasteiger partial charge in [0.2, 0.25) is 0 Å². The Hall–Kier alpha value is -3.14. The maximum Gasteiger partial charge on any atom is 0.259 e. The largest absolute Gasteiger partial charge is 0.494 e. The topological polar surface area (TPSA) is 110 Å². The molecule has 35 heavy (non-hydrogen) atoms. The standard InChI is InChI=1S/C25H24ClN5O3S/c1-13-9-16(17-10-22(26)28-12-21(17)34-2)18(11-27-13)23(33)31-25-30-20-8-7-19(29-24(20)35-25)14-3-5-15(32)6-4-14/h7-12,14-15,32H,3-6H2,1-2H3,(H,30,31,33). The smallest absolute Gasteiger partial charge is 0.259 e. The Morgan fingerprint density at radius 3 is 2.69 bits per heavy atom. The van der Waals surface area contributed by atoms with Crippen molar-refractivity contribution < 1.29 is 14.6 Å². The van der Waals surface area contributed by atoms with Crippen LogP contribution in [0.2, 0.25) is 5.15 Å². The number of thiazole rings is 1. The summed E-state index contributed by atoms with van der Waals surface area (Å²) in [6, 6.07) is 7.42. The number of fused-ring (bicyclic) bond motifs is 1. The monoisotopic (exact) mass is 509 g/mol. The first-order chi connectivity index (χ1) is 16.9. The second-order valence-corrected chi connectivity index (χ2v) is 9.98. The highest BCUT2D eigenvalue weighted by atomic mass is 35.5. The second kappa shape index (κ2) is 9.85. The van der Waals surface area contributed by atoms with Gasteiger partial charge in [0.05, 0.1) is 25.0 Å². The van der Waals surface area contributed by atoms with E-state index in [1.807, 2.05) is 25.1 Å². The number of methoxy groups -OCH3 is 1. The third-order valence-corrected chi connectivity index (χ3v) is 7.33. The highest BCUT2D eigenvalue weighted by molar-refractivity contribution is 7.22. The number of halogens is 1. The van der Waals surface area contributed by atoms with Gasteiger partial charge in [-0.05, 0) is 56.9 Å². The fraction of sp³-hybridized carbons (Fsp3) is 0.320. The van der Waals surface area contributed by atoms with E-state index in [4.69, 9.17) is 21.3 Å². The maximum atomic E-state index is 13.3. The highest BCUT2D eigenvalue weighted by Gasteiger charge is 2.23. The van der Waals surface area contributed by atoms with Crippen LogP contribution in [-0.2, 0) is 0 Å². The first-order valence-corrected chi connectivity index (χ1v) is 12.5. The Morgan fingerprint density at radius 1 is 1.11 bits per heavy atom. The Labute approximate surface area is 211 Å². The Kier molecular flexibility index (Phi) is 6.64. The summed E-state index contributed by atoms with van der Waals surface area (Å²) in [7, 11) is 1.54. The maximum absolute atomic E-state index is 13.3. The van der Waals surface area contributed by atoms with Crippen molar-refractivity contribution in [2.75, 3.05) is 12.4 Å². The van der Waals surface area contributed by atoms with Crippen molar-refractivity contribution in [3.05, 3.63) is 58.8 Å². The number of aryl methyl sites for hydroxylation is 1. The number of aliphatic hydroxyl groups is 1. The predicted octanol–water partition coefficient (Wildman–Crippen LogP) is 5.39. The van der Waals surface area contributed by atoms with E-state index in [0.717, 1.165) is 47.4 Å². The molecular formula is C25H24ClN5O3S. The van der Waals surface area contributed by atoms with Crippen LogP contribution in [0.3, 0.4) is 0 Å². The molecule has 1 amide bonds. The minimum Gasteiger partial charge on any atom is -0.494 e. The first kappa shape index (κ1) is 23.6. The van der Waals surface area contributed by atoms with Crippen molar-refractivity contribution in [3.8, 4) is 16.9 Å². The number of aliphatic hydroxyl groups excluding tert-OH is 1. The fourth-order valence-corrected chi connectivity index (χ4v) is 5.40. The quantitative estimate of drug-likeness (QED) is 0.347. The molecule has 1 fully saturated rings. The molecule has 1 saturated carbocycles. The zero-order valence-electron chi connectivity index (χ0n) is 19.3. The number of nitrogens with zero attached hydrogens (tertiary/aromatic N) is 4. The molecule has 0 radical (unpaired) electrons. The lowest BCUT2D eigenvalue weighted by Crippen LogP contribution is -2.17. The highest BCUT2D eigenvalue weighted by Crippen LogP contribution is 2.36. The summed E-state index contributed by atoms with van der Waals surface area (Å²) in [4.78, 5) is 31.8. The molecule has 0 bridgehead atoms. The SMILES string of the molecule is COc1cnc(Cl)cc1-c1cc(C)ncc1C(=O)Nc1nc2ccc(C3CCC(O)CC3)nc2s1. The Bertz CT molecular complexity index is 1400. The normalized spacial score (nSPS) is 17.9. The Balaban J connectivity index is 1.43. The molecule has 10 heteroatoms. The van der Waals surface area contributed by atoms with Gasteiger partial charge in [0.1, 0.15) is 21.2 Å². The zero-order valence-corrected chi connectivity index (χ0v) is 20.9. The van der Waals surface area contributed by atoms with Crippen molar-refractivity contribution in [1.29, 1.82) is 0 Å². The van der Waals surface area contributed by atoms with Crippen molar-refractivity contribution in [1.82, 2.24) is 19.9 Å². The summed E-state index contributed by atoms with van der Waals surface area (Å²) in [6.07, 6.45) is 6.31. The minimum atomic E-state index is -0.344. The molecule has 2 N–H and O–H groups in total. The molecule has 1 aliphatic rings. The van der Waals surface area contributed by atoms with Gasteiger partial charge in [-0.2, -0.15) is 0 Å². The summed E-state index contributed by atoms with van der Waals surface area (Å²) in [5, 5.41) is 13.4. The lowest BCUT2D eigenvalue weighted by Gasteiger charge is -2.24. The van der Waals surface area contributed by atoms with Gasteiger partial charge >= 0.3 is 0 Å². The van der Waals surface area contributed by atoms with Gasteiger partial charge in [-0.1, -0.05) is 22.9 Å². The second-order valence-electron chi connectivity index (χ2n) is 8.62. The van der Waals surface area contributed by atoms with E-state index in [-0.39, 0.29) is 12.0 Å². The Morgan fingerprint density at radius 2 is 1.91 bits per heavy atom. The molecule has 5 rings (SSSR count). The number of rotatable bonds is 5. The predicted molar refractivity (Wildman–Crippen MR) is 136 cm³/mol. The number of hydrogen-bond donors (Lipinski definition) is 2. The molecule has 4 aromatic rings. The number of nitrogens with one attached hydrogen (secondary N) is 1. The van der Waals surface area contributed by atoms with Gasteiger partial charge in [0.15, 0.2) is 5.13 Å². The van der Waals surface area contributed by atoms with Crippen LogP contribution in [0.1, 0.15) is 53.3 Å². The third-order valence-electron chi connectivity index (χ3n) is 6.24. The van der Waals surface area contributed by atoms with E-state index >= 15 is 0 Å². The van der Waals surface area contributed by atoms with Gasteiger partial charge in [-0.3, -0.25) is 15.1 Å². The number of anilines is 1. The van der Waals surface area contributed by atoms with E-state index in [2.05, 4.69) is 20.3 Å². The first-order valence-electron chi connectivity index (χ1n) is 11.3. The van der Waals surface area contributed by atoms with Crippen molar-refractivity contribution >= 4 is 44.3 Å². The fourth-order valence-electron chi connectivity index (χ4n) is 4.40. The van der Waals surface area contributed by atoms with Crippen LogP contribution in [0.4, 0.5) is 5.13 Å². The molecule has 8 nitrogen and oxygen atoms in total. The zero-order chi connectivity index (χ0) is 24.5. The van der Waals surface area contributed by atoms with Crippen LogP contribution in [0.5, 0.6) is 5.75 Å². The van der Waals surface area contributed by atoms with E-state index in [0.29, 0.717) is 38.6 Å². The van der Waals surface area contributed by atoms with Crippen LogP contribution >= 0.6 is 22.9 Å². The molecule has 1 aliphatic carbocycles. The summed E-state index contributed by atoms with van der Waals surface area (Å²) in [5.41, 5.74) is 4.14. The minimum absolute atomic E-state index is 0.204. The van der Waals surface area contributed by atoms with Gasteiger partial charge in [0, 0.05) is 34.6 Å². The molecule has 0 atom stereocenters. The summed E-state index contributed by atoms with van der Waals surface area (Å²) >= 11 is 7.47. The molecular weight excluding hydrogens is 486 g/mol. The van der Waals surface area contributed by atoms with Crippen molar-refractivity contribution in [2.45, 2.75) is 44.6 Å². The lowest BCUT2D eigenvalue weighted by atomic mass is 9.85. The molecule has 0 spiro atoms. The molecule has 180 valence electrons. The van der Waals surface area contributed by atoms with Gasteiger partial charge in [-0.15, -0.1) is 0 Å². The van der Waals surface area contributed by atoms with Gasteiger partial charge in [-0.25, -0.2) is 15.0 Å². The number of carbonyl (C=O) groups is 1. The average Bonchev–Trinajstić information content (AvgIpc) is 3.25. The van der Waals surface area contributed by atoms with Gasteiger partial charge < -0.3 is 9.84 Å². The van der Waals surface area contributed by atoms with E-state index < -0.39 is 0 Å². The summed E-state index contributed by atoms with van der Waals surface area (Å²) < 4.78 is 5.45. The number of amides is 1. The number of hydrogen-bond acceptors (Lipinski definition) is 8. The number of carbonyl (C=O) groups excluding carboxylic acids is 1. The molecule has 0 aliphatic heterocycles. The van der Waals surface area contributed by atoms with E-state index in [1.165, 1.54) is 23.7 Å². The number of ether oxygens (including phenoxy) is 1. The van der Waals surface area contributed by atoms with Crippen LogP contribution < -0.4 is 10.1 Å². The molecule has 4 aromatic heterocycles. The van der Waals surface area contributed by atoms with E-state index in [9.17, 15) is 9.90 Å². The van der Waals surface area contributed by atoms with Gasteiger partial charge in [0.25, 0.3) is 5.91 Å². The molecule has 4 heterocycles. The summed E-state index contributed by atoms with van der Waals surface area (Å²) in [6.45, 7) is 1.85. The van der Waals surface area contributed by atoms with Crippen molar-refractivity contribution in [2.24, 2.45) is 0 Å². The average molecular weight is 510 g/mol. The third kappa shape index (κ3) is 4.98. The summed E-state index contributed by atoms with van der Waals surface area (Å²) in [5.74, 6) is 0.496. The molecule has 0 unspecified atom stereocenters. The molecule has 0 aromatic carbocycles. The van der Waals surface area contributed by atoms with Crippen LogP contribution in [0.15, 0.2) is 36.7 Å². The van der Waals surface area contributed by atoms with E-state index in [1.54, 1.807) is 13.2 Å². The van der Waals surface area contributed by atoms with Crippen LogP contribution in [-0.4, -0.2) is 44.2 Å². The lowest BCUT2D eigenvalue weighted by molar-refractivity contribution is 0.102. The van der Waals surface area contributed by atoms with Crippen LogP contribution in [0, 0.1) is 6.92 Å². The van der Waals surface area contributed by atoms with Crippen molar-refractivity contribution in [3.63, 3.8) is 0 Å². The number of aromatic nitrogens is 4.